The molecular formula is C11H13N3OS. The van der Waals surface area contributed by atoms with Crippen molar-refractivity contribution in [3.8, 4) is 17.1 Å². The number of aromatic amines is 1. The van der Waals surface area contributed by atoms with Gasteiger partial charge in [-0.15, -0.1) is 0 Å². The minimum Gasteiger partial charge on any atom is -0.496 e. The highest BCUT2D eigenvalue weighted by atomic mass is 32.1. The average molecular weight is 235 g/mol. The molecule has 0 spiro atoms. The van der Waals surface area contributed by atoms with Crippen LogP contribution in [-0.2, 0) is 7.05 Å². The van der Waals surface area contributed by atoms with Gasteiger partial charge in [-0.05, 0) is 30.8 Å². The fraction of sp³-hybridized carbons (Fsp3) is 0.273. The van der Waals surface area contributed by atoms with Gasteiger partial charge in [-0.3, -0.25) is 5.10 Å². The third kappa shape index (κ3) is 1.74. The zero-order chi connectivity index (χ0) is 11.7. The Kier molecular flexibility index (Phi) is 2.78. The molecule has 1 N–H and O–H groups in total. The molecule has 0 radical (unpaired) electrons. The maximum Gasteiger partial charge on any atom is 0.195 e. The van der Waals surface area contributed by atoms with Gasteiger partial charge in [0.2, 0.25) is 0 Å². The number of aromatic nitrogens is 3. The van der Waals surface area contributed by atoms with E-state index in [0.717, 1.165) is 22.7 Å². The number of nitrogens with zero attached hydrogens (tertiary/aromatic N) is 2. The van der Waals surface area contributed by atoms with Crippen molar-refractivity contribution >= 4 is 12.2 Å². The van der Waals surface area contributed by atoms with Crippen LogP contribution in [0.25, 0.3) is 11.4 Å². The Labute approximate surface area is 98.9 Å². The molecule has 1 heterocycles. The lowest BCUT2D eigenvalue weighted by molar-refractivity contribution is 0.412. The third-order valence-corrected chi connectivity index (χ3v) is 2.91. The highest BCUT2D eigenvalue weighted by Crippen LogP contribution is 2.25. The second kappa shape index (κ2) is 4.09. The van der Waals surface area contributed by atoms with E-state index >= 15 is 0 Å². The predicted octanol–water partition coefficient (Wildman–Crippen LogP) is 2.46. The van der Waals surface area contributed by atoms with Crippen LogP contribution in [0.4, 0.5) is 0 Å². The Morgan fingerprint density at radius 1 is 1.44 bits per heavy atom. The summed E-state index contributed by atoms with van der Waals surface area (Å²) in [7, 11) is 3.54. The number of H-pyrrole nitrogens is 1. The van der Waals surface area contributed by atoms with E-state index < -0.39 is 0 Å². The Bertz CT molecular complexity index is 571. The Morgan fingerprint density at radius 3 is 2.75 bits per heavy atom. The number of nitrogens with one attached hydrogen (secondary N) is 1. The molecule has 0 saturated carbocycles. The van der Waals surface area contributed by atoms with Crippen LogP contribution in [0.15, 0.2) is 18.2 Å². The zero-order valence-electron chi connectivity index (χ0n) is 9.44. The van der Waals surface area contributed by atoms with Gasteiger partial charge in [-0.25, -0.2) is 0 Å². The van der Waals surface area contributed by atoms with Crippen molar-refractivity contribution in [3.63, 3.8) is 0 Å². The maximum absolute atomic E-state index is 5.28. The molecule has 0 unspecified atom stereocenters. The summed E-state index contributed by atoms with van der Waals surface area (Å²) in [5.74, 6) is 1.66. The summed E-state index contributed by atoms with van der Waals surface area (Å²) >= 11 is 5.07. The zero-order valence-corrected chi connectivity index (χ0v) is 10.3. The van der Waals surface area contributed by atoms with Gasteiger partial charge in [0.25, 0.3) is 0 Å². The van der Waals surface area contributed by atoms with Crippen LogP contribution in [0.1, 0.15) is 5.56 Å². The first kappa shape index (κ1) is 10.9. The molecule has 2 rings (SSSR count). The molecule has 1 aromatic carbocycles. The third-order valence-electron chi connectivity index (χ3n) is 2.55. The normalized spacial score (nSPS) is 10.4. The van der Waals surface area contributed by atoms with Crippen LogP contribution in [0.2, 0.25) is 0 Å². The molecule has 0 atom stereocenters. The fourth-order valence-corrected chi connectivity index (χ4v) is 1.70. The van der Waals surface area contributed by atoms with Crippen molar-refractivity contribution in [1.82, 2.24) is 14.8 Å². The molecule has 0 fully saturated rings. The van der Waals surface area contributed by atoms with E-state index in [0.29, 0.717) is 4.77 Å². The summed E-state index contributed by atoms with van der Waals surface area (Å²) in [4.78, 5) is 0. The van der Waals surface area contributed by atoms with Crippen molar-refractivity contribution in [2.24, 2.45) is 7.05 Å². The summed E-state index contributed by atoms with van der Waals surface area (Å²) in [6.07, 6.45) is 0. The van der Waals surface area contributed by atoms with Gasteiger partial charge in [0, 0.05) is 12.6 Å². The van der Waals surface area contributed by atoms with Crippen molar-refractivity contribution in [3.05, 3.63) is 28.5 Å². The van der Waals surface area contributed by atoms with Crippen LogP contribution in [0.3, 0.4) is 0 Å². The second-order valence-electron chi connectivity index (χ2n) is 3.60. The molecule has 0 aliphatic carbocycles. The Balaban J connectivity index is 2.57. The lowest BCUT2D eigenvalue weighted by atomic mass is 10.1. The standard InChI is InChI=1S/C11H13N3OS/c1-7-4-5-8(6-9(7)15-3)10-12-13-11(16)14(10)2/h4-6H,1-3H3,(H,13,16). The molecular weight excluding hydrogens is 222 g/mol. The summed E-state index contributed by atoms with van der Waals surface area (Å²) in [6, 6.07) is 5.97. The van der Waals surface area contributed by atoms with E-state index in [2.05, 4.69) is 10.2 Å². The summed E-state index contributed by atoms with van der Waals surface area (Å²) in [5.41, 5.74) is 2.08. The first-order chi connectivity index (χ1) is 7.63. The molecule has 0 aliphatic rings. The number of aryl methyl sites for hydroxylation is 1. The van der Waals surface area contributed by atoms with Gasteiger partial charge in [-0.1, -0.05) is 12.1 Å². The highest BCUT2D eigenvalue weighted by Gasteiger charge is 2.07. The number of benzene rings is 1. The van der Waals surface area contributed by atoms with E-state index in [1.807, 2.05) is 36.7 Å². The Morgan fingerprint density at radius 2 is 2.19 bits per heavy atom. The predicted molar refractivity (Wildman–Crippen MR) is 65.1 cm³/mol. The summed E-state index contributed by atoms with van der Waals surface area (Å²) < 4.78 is 7.72. The largest absolute Gasteiger partial charge is 0.496 e. The molecule has 2 aromatic rings. The summed E-state index contributed by atoms with van der Waals surface area (Å²) in [6.45, 7) is 2.01. The molecule has 1 aromatic heterocycles. The van der Waals surface area contributed by atoms with Crippen LogP contribution < -0.4 is 4.74 Å². The number of methoxy groups -OCH3 is 1. The summed E-state index contributed by atoms with van der Waals surface area (Å²) in [5, 5.41) is 6.94. The van der Waals surface area contributed by atoms with Crippen LogP contribution in [-0.4, -0.2) is 21.9 Å². The molecule has 0 bridgehead atoms. The molecule has 0 saturated heterocycles. The SMILES string of the molecule is COc1cc(-c2n[nH]c(=S)n2C)ccc1C. The molecule has 4 nitrogen and oxygen atoms in total. The number of hydrogen-bond donors (Lipinski definition) is 1. The molecule has 0 amide bonds. The lowest BCUT2D eigenvalue weighted by Crippen LogP contribution is -1.94. The van der Waals surface area contributed by atoms with Gasteiger partial charge in [0.05, 0.1) is 7.11 Å². The minimum atomic E-state index is 0.606. The molecule has 0 aliphatic heterocycles. The van der Waals surface area contributed by atoms with Crippen LogP contribution in [0.5, 0.6) is 5.75 Å². The quantitative estimate of drug-likeness (QED) is 0.813. The molecule has 16 heavy (non-hydrogen) atoms. The number of hydrogen-bond acceptors (Lipinski definition) is 3. The minimum absolute atomic E-state index is 0.606. The smallest absolute Gasteiger partial charge is 0.195 e. The first-order valence-corrected chi connectivity index (χ1v) is 5.30. The van der Waals surface area contributed by atoms with Gasteiger partial charge in [0.1, 0.15) is 5.75 Å². The van der Waals surface area contributed by atoms with E-state index in [1.165, 1.54) is 0 Å². The van der Waals surface area contributed by atoms with Crippen molar-refractivity contribution in [2.45, 2.75) is 6.92 Å². The van der Waals surface area contributed by atoms with E-state index in [4.69, 9.17) is 17.0 Å². The van der Waals surface area contributed by atoms with Gasteiger partial charge < -0.3 is 9.30 Å². The van der Waals surface area contributed by atoms with E-state index in [1.54, 1.807) is 7.11 Å². The average Bonchev–Trinajstić information content (AvgIpc) is 2.61. The van der Waals surface area contributed by atoms with Crippen molar-refractivity contribution in [1.29, 1.82) is 0 Å². The first-order valence-electron chi connectivity index (χ1n) is 4.90. The van der Waals surface area contributed by atoms with Gasteiger partial charge in [-0.2, -0.15) is 5.10 Å². The topological polar surface area (TPSA) is 42.8 Å². The molecule has 84 valence electrons. The Hall–Kier alpha value is -1.62. The van der Waals surface area contributed by atoms with E-state index in [9.17, 15) is 0 Å². The monoisotopic (exact) mass is 235 g/mol. The number of ether oxygens (including phenoxy) is 1. The molecule has 5 heteroatoms. The van der Waals surface area contributed by atoms with Crippen LogP contribution >= 0.6 is 12.2 Å². The number of rotatable bonds is 2. The van der Waals surface area contributed by atoms with Crippen molar-refractivity contribution < 1.29 is 4.74 Å². The maximum atomic E-state index is 5.28. The van der Waals surface area contributed by atoms with Gasteiger partial charge >= 0.3 is 0 Å². The van der Waals surface area contributed by atoms with Crippen LogP contribution in [0, 0.1) is 11.7 Å². The fourth-order valence-electron chi connectivity index (χ4n) is 1.56. The highest BCUT2D eigenvalue weighted by molar-refractivity contribution is 7.71. The van der Waals surface area contributed by atoms with Gasteiger partial charge in [0.15, 0.2) is 10.6 Å². The lowest BCUT2D eigenvalue weighted by Gasteiger charge is -2.06. The van der Waals surface area contributed by atoms with Crippen molar-refractivity contribution in [2.75, 3.05) is 7.11 Å². The van der Waals surface area contributed by atoms with E-state index in [-0.39, 0.29) is 0 Å². The second-order valence-corrected chi connectivity index (χ2v) is 3.98.